The molecule has 0 saturated carbocycles. The van der Waals surface area contributed by atoms with Crippen molar-refractivity contribution in [2.75, 3.05) is 6.54 Å². The van der Waals surface area contributed by atoms with Gasteiger partial charge in [-0.2, -0.15) is 0 Å². The fourth-order valence-corrected chi connectivity index (χ4v) is 4.10. The summed E-state index contributed by atoms with van der Waals surface area (Å²) in [6.07, 6.45) is 1.53. The van der Waals surface area contributed by atoms with E-state index in [0.29, 0.717) is 32.9 Å². The van der Waals surface area contributed by atoms with Crippen molar-refractivity contribution in [3.8, 4) is 5.75 Å². The van der Waals surface area contributed by atoms with Crippen LogP contribution in [0.5, 0.6) is 5.75 Å². The van der Waals surface area contributed by atoms with Gasteiger partial charge in [-0.05, 0) is 44.0 Å². The van der Waals surface area contributed by atoms with Gasteiger partial charge in [0.25, 0.3) is 5.91 Å². The van der Waals surface area contributed by atoms with E-state index in [1.165, 1.54) is 11.3 Å². The number of nitrogens with zero attached hydrogens (tertiary/aromatic N) is 2. The fourth-order valence-electron chi connectivity index (χ4n) is 3.04. The summed E-state index contributed by atoms with van der Waals surface area (Å²) in [6.45, 7) is 2.64. The Bertz CT molecular complexity index is 806. The molecule has 1 unspecified atom stereocenters. The number of carboxylic acid groups (broad SMARTS) is 1. The Morgan fingerprint density at radius 1 is 1.38 bits per heavy atom. The summed E-state index contributed by atoms with van der Waals surface area (Å²) in [4.78, 5) is 30.5. The number of amides is 1. The number of ether oxygens (including phenoxy) is 1. The van der Waals surface area contributed by atoms with Crippen LogP contribution in [0.1, 0.15) is 39.6 Å². The molecule has 1 amide bonds. The van der Waals surface area contributed by atoms with E-state index in [1.54, 1.807) is 36.1 Å². The molecule has 26 heavy (non-hydrogen) atoms. The van der Waals surface area contributed by atoms with Crippen molar-refractivity contribution in [2.24, 2.45) is 0 Å². The fraction of sp³-hybridized carbons (Fsp3) is 0.389. The molecule has 1 aliphatic heterocycles. The smallest absolute Gasteiger partial charge is 0.305 e. The maximum absolute atomic E-state index is 12.8. The topological polar surface area (TPSA) is 79.7 Å². The molecule has 0 spiro atoms. The first-order valence-electron chi connectivity index (χ1n) is 8.31. The third-order valence-electron chi connectivity index (χ3n) is 4.26. The molecule has 1 aliphatic rings. The number of hydrogen-bond acceptors (Lipinski definition) is 5. The van der Waals surface area contributed by atoms with Crippen molar-refractivity contribution in [3.63, 3.8) is 0 Å². The number of benzene rings is 1. The molecule has 1 aromatic carbocycles. The SMILES string of the molecule is Cc1nc(COc2ccc(Cl)cc2)sc1C(=O)N1CCCC1CC(=O)O. The normalized spacial score (nSPS) is 16.7. The Morgan fingerprint density at radius 2 is 2.12 bits per heavy atom. The molecule has 6 nitrogen and oxygen atoms in total. The van der Waals surface area contributed by atoms with Gasteiger partial charge in [-0.3, -0.25) is 9.59 Å². The number of carbonyl (C=O) groups is 2. The minimum atomic E-state index is -0.882. The van der Waals surface area contributed by atoms with Crippen LogP contribution in [-0.2, 0) is 11.4 Å². The van der Waals surface area contributed by atoms with E-state index in [0.717, 1.165) is 12.8 Å². The van der Waals surface area contributed by atoms with Gasteiger partial charge in [-0.1, -0.05) is 11.6 Å². The Kier molecular flexibility index (Phi) is 5.78. The highest BCUT2D eigenvalue weighted by atomic mass is 35.5. The maximum atomic E-state index is 12.8. The first-order valence-corrected chi connectivity index (χ1v) is 9.51. The molecular formula is C18H19ClN2O4S. The molecular weight excluding hydrogens is 376 g/mol. The summed E-state index contributed by atoms with van der Waals surface area (Å²) in [7, 11) is 0. The Labute approximate surface area is 160 Å². The summed E-state index contributed by atoms with van der Waals surface area (Å²) in [5.74, 6) is -0.342. The number of thiazole rings is 1. The van der Waals surface area contributed by atoms with Gasteiger partial charge in [0.15, 0.2) is 0 Å². The molecule has 0 bridgehead atoms. The highest BCUT2D eigenvalue weighted by Crippen LogP contribution is 2.27. The second kappa shape index (κ2) is 8.05. The van der Waals surface area contributed by atoms with Gasteiger partial charge < -0.3 is 14.7 Å². The number of aryl methyl sites for hydroxylation is 1. The average molecular weight is 395 g/mol. The third kappa shape index (κ3) is 4.34. The molecule has 138 valence electrons. The standard InChI is InChI=1S/C18H19ClN2O4S/c1-11-17(18(24)21-8-2-3-13(21)9-16(22)23)26-15(20-11)10-25-14-6-4-12(19)5-7-14/h4-7,13H,2-3,8-10H2,1H3,(H,22,23). The molecule has 2 aromatic rings. The van der Waals surface area contributed by atoms with E-state index in [2.05, 4.69) is 4.98 Å². The van der Waals surface area contributed by atoms with Crippen LogP contribution in [0.4, 0.5) is 0 Å². The number of hydrogen-bond donors (Lipinski definition) is 1. The molecule has 1 N–H and O–H groups in total. The summed E-state index contributed by atoms with van der Waals surface area (Å²) in [5, 5.41) is 10.4. The average Bonchev–Trinajstić information content (AvgIpc) is 3.20. The van der Waals surface area contributed by atoms with Crippen molar-refractivity contribution in [1.29, 1.82) is 0 Å². The summed E-state index contributed by atoms with van der Waals surface area (Å²) >= 11 is 7.15. The highest BCUT2D eigenvalue weighted by Gasteiger charge is 2.32. The molecule has 1 aromatic heterocycles. The molecule has 1 saturated heterocycles. The van der Waals surface area contributed by atoms with Gasteiger partial charge in [-0.25, -0.2) is 4.98 Å². The van der Waals surface area contributed by atoms with Gasteiger partial charge >= 0.3 is 5.97 Å². The van der Waals surface area contributed by atoms with Crippen LogP contribution < -0.4 is 4.74 Å². The predicted molar refractivity (Wildman–Crippen MR) is 98.9 cm³/mol. The highest BCUT2D eigenvalue weighted by molar-refractivity contribution is 7.13. The first kappa shape index (κ1) is 18.7. The molecule has 0 radical (unpaired) electrons. The van der Waals surface area contributed by atoms with Gasteiger partial charge in [0.2, 0.25) is 0 Å². The number of halogens is 1. The van der Waals surface area contributed by atoms with Crippen LogP contribution in [-0.4, -0.2) is 39.5 Å². The van der Waals surface area contributed by atoms with E-state index in [1.807, 2.05) is 0 Å². The number of aromatic nitrogens is 1. The quantitative estimate of drug-likeness (QED) is 0.806. The summed E-state index contributed by atoms with van der Waals surface area (Å²) < 4.78 is 5.68. The van der Waals surface area contributed by atoms with Crippen molar-refractivity contribution in [3.05, 3.63) is 44.9 Å². The number of aliphatic carboxylic acids is 1. The van der Waals surface area contributed by atoms with Gasteiger partial charge in [-0.15, -0.1) is 11.3 Å². The largest absolute Gasteiger partial charge is 0.486 e. The lowest BCUT2D eigenvalue weighted by Gasteiger charge is -2.22. The van der Waals surface area contributed by atoms with Gasteiger partial charge in [0.1, 0.15) is 22.2 Å². The zero-order valence-electron chi connectivity index (χ0n) is 14.3. The lowest BCUT2D eigenvalue weighted by atomic mass is 10.1. The Hall–Kier alpha value is -2.12. The zero-order chi connectivity index (χ0) is 18.7. The predicted octanol–water partition coefficient (Wildman–Crippen LogP) is 3.76. The third-order valence-corrected chi connectivity index (χ3v) is 5.63. The summed E-state index contributed by atoms with van der Waals surface area (Å²) in [5.41, 5.74) is 0.649. The molecule has 8 heteroatoms. The van der Waals surface area contributed by atoms with Crippen LogP contribution >= 0.6 is 22.9 Å². The second-order valence-corrected chi connectivity index (χ2v) is 7.68. The van der Waals surface area contributed by atoms with Crippen LogP contribution in [0.25, 0.3) is 0 Å². The van der Waals surface area contributed by atoms with E-state index < -0.39 is 5.97 Å². The van der Waals surface area contributed by atoms with Crippen LogP contribution in [0.2, 0.25) is 5.02 Å². The molecule has 1 fully saturated rings. The minimum Gasteiger partial charge on any atom is -0.486 e. The zero-order valence-corrected chi connectivity index (χ0v) is 15.8. The minimum absolute atomic E-state index is 0.0177. The van der Waals surface area contributed by atoms with Crippen LogP contribution in [0.3, 0.4) is 0 Å². The van der Waals surface area contributed by atoms with Crippen LogP contribution in [0.15, 0.2) is 24.3 Å². The van der Waals surface area contributed by atoms with E-state index in [4.69, 9.17) is 21.4 Å². The van der Waals surface area contributed by atoms with E-state index in [-0.39, 0.29) is 25.0 Å². The number of carbonyl (C=O) groups excluding carboxylic acids is 1. The molecule has 2 heterocycles. The summed E-state index contributed by atoms with van der Waals surface area (Å²) in [6, 6.07) is 6.80. The molecule has 3 rings (SSSR count). The number of rotatable bonds is 6. The monoisotopic (exact) mass is 394 g/mol. The van der Waals surface area contributed by atoms with Crippen LogP contribution in [0, 0.1) is 6.92 Å². The van der Waals surface area contributed by atoms with Gasteiger partial charge in [0, 0.05) is 17.6 Å². The maximum Gasteiger partial charge on any atom is 0.305 e. The Balaban J connectivity index is 1.68. The molecule has 1 atom stereocenters. The first-order chi connectivity index (χ1) is 12.4. The second-order valence-electron chi connectivity index (χ2n) is 6.16. The number of likely N-dealkylation sites (tertiary alicyclic amines) is 1. The number of carboxylic acids is 1. The lowest BCUT2D eigenvalue weighted by Crippen LogP contribution is -2.36. The van der Waals surface area contributed by atoms with E-state index in [9.17, 15) is 9.59 Å². The Morgan fingerprint density at radius 3 is 2.81 bits per heavy atom. The van der Waals surface area contributed by atoms with Crippen molar-refractivity contribution in [1.82, 2.24) is 9.88 Å². The van der Waals surface area contributed by atoms with Crippen molar-refractivity contribution in [2.45, 2.75) is 38.8 Å². The molecule has 0 aliphatic carbocycles. The van der Waals surface area contributed by atoms with E-state index >= 15 is 0 Å². The van der Waals surface area contributed by atoms with Crippen molar-refractivity contribution < 1.29 is 19.4 Å². The van der Waals surface area contributed by atoms with Crippen molar-refractivity contribution >= 4 is 34.8 Å². The van der Waals surface area contributed by atoms with Gasteiger partial charge in [0.05, 0.1) is 12.1 Å². The lowest BCUT2D eigenvalue weighted by molar-refractivity contribution is -0.137.